The Balaban J connectivity index is 0.00000242. The fourth-order valence-corrected chi connectivity index (χ4v) is 2.65. The van der Waals surface area contributed by atoms with E-state index in [2.05, 4.69) is 44.5 Å². The third kappa shape index (κ3) is 5.71. The maximum Gasteiger partial charge on any atom is 0.223 e. The molecular weight excluding hydrogens is 395 g/mol. The number of nitrogens with one attached hydrogen (secondary N) is 2. The van der Waals surface area contributed by atoms with Gasteiger partial charge in [-0.3, -0.25) is 4.90 Å². The maximum atomic E-state index is 4.95. The van der Waals surface area contributed by atoms with Crippen molar-refractivity contribution in [1.82, 2.24) is 25.7 Å². The molecule has 1 atom stereocenters. The lowest BCUT2D eigenvalue weighted by atomic mass is 10.2. The molecule has 2 N–H and O–H groups in total. The van der Waals surface area contributed by atoms with Crippen molar-refractivity contribution >= 4 is 29.9 Å². The van der Waals surface area contributed by atoms with Gasteiger partial charge in [-0.2, -0.15) is 4.98 Å². The number of guanidine groups is 1. The summed E-state index contributed by atoms with van der Waals surface area (Å²) in [5, 5.41) is 10.5. The van der Waals surface area contributed by atoms with Crippen molar-refractivity contribution in [2.24, 2.45) is 4.99 Å². The second kappa shape index (κ2) is 9.98. The molecule has 8 heteroatoms. The smallest absolute Gasteiger partial charge is 0.223 e. The van der Waals surface area contributed by atoms with E-state index in [1.54, 1.807) is 6.92 Å². The fourth-order valence-electron chi connectivity index (χ4n) is 2.65. The number of hydrogen-bond donors (Lipinski definition) is 2. The molecule has 1 saturated heterocycles. The summed E-state index contributed by atoms with van der Waals surface area (Å²) >= 11 is 0. The van der Waals surface area contributed by atoms with Crippen LogP contribution in [0.1, 0.15) is 38.4 Å². The van der Waals surface area contributed by atoms with Crippen LogP contribution in [-0.2, 0) is 6.54 Å². The lowest BCUT2D eigenvalue weighted by Gasteiger charge is -2.23. The summed E-state index contributed by atoms with van der Waals surface area (Å²) in [4.78, 5) is 11.2. The van der Waals surface area contributed by atoms with Gasteiger partial charge in [0.25, 0.3) is 0 Å². The van der Waals surface area contributed by atoms with Crippen molar-refractivity contribution in [3.63, 3.8) is 0 Å². The maximum absolute atomic E-state index is 4.95. The van der Waals surface area contributed by atoms with Crippen LogP contribution in [0.2, 0.25) is 0 Å². The average Bonchev–Trinajstić information content (AvgIpc) is 3.10. The van der Waals surface area contributed by atoms with E-state index in [0.29, 0.717) is 24.3 Å². The SMILES string of the molecule is CCNC(=NCc1noc(C)n1)NCC1CCCN1CC.I. The second-order valence-electron chi connectivity index (χ2n) is 5.23. The Bertz CT molecular complexity index is 464. The highest BCUT2D eigenvalue weighted by Crippen LogP contribution is 2.15. The zero-order valence-corrected chi connectivity index (χ0v) is 16.0. The average molecular weight is 422 g/mol. The molecule has 1 aromatic heterocycles. The van der Waals surface area contributed by atoms with E-state index in [1.807, 2.05) is 0 Å². The van der Waals surface area contributed by atoms with Crippen molar-refractivity contribution in [1.29, 1.82) is 0 Å². The quantitative estimate of drug-likeness (QED) is 0.412. The van der Waals surface area contributed by atoms with Gasteiger partial charge < -0.3 is 15.2 Å². The Labute approximate surface area is 149 Å². The Kier molecular flexibility index (Phi) is 8.69. The van der Waals surface area contributed by atoms with Crippen LogP contribution in [0.25, 0.3) is 0 Å². The number of halogens is 1. The van der Waals surface area contributed by atoms with E-state index in [1.165, 1.54) is 19.4 Å². The molecular formula is C14H27IN6O. The highest BCUT2D eigenvalue weighted by molar-refractivity contribution is 14.0. The molecule has 0 spiro atoms. The first kappa shape index (κ1) is 19.1. The van der Waals surface area contributed by atoms with Gasteiger partial charge in [-0.05, 0) is 32.9 Å². The fraction of sp³-hybridized carbons (Fsp3) is 0.786. The molecule has 0 radical (unpaired) electrons. The highest BCUT2D eigenvalue weighted by Gasteiger charge is 2.22. The Morgan fingerprint density at radius 1 is 1.41 bits per heavy atom. The van der Waals surface area contributed by atoms with Crippen molar-refractivity contribution in [3.05, 3.63) is 11.7 Å². The molecule has 7 nitrogen and oxygen atoms in total. The van der Waals surface area contributed by atoms with E-state index < -0.39 is 0 Å². The van der Waals surface area contributed by atoms with Gasteiger partial charge in [0.1, 0.15) is 6.54 Å². The number of nitrogens with zero attached hydrogens (tertiary/aromatic N) is 4. The summed E-state index contributed by atoms with van der Waals surface area (Å²) in [7, 11) is 0. The number of aliphatic imine (C=N–C) groups is 1. The number of likely N-dealkylation sites (N-methyl/N-ethyl adjacent to an activating group) is 1. The monoisotopic (exact) mass is 422 g/mol. The minimum absolute atomic E-state index is 0. The zero-order valence-electron chi connectivity index (χ0n) is 13.6. The van der Waals surface area contributed by atoms with Gasteiger partial charge in [-0.25, -0.2) is 4.99 Å². The Morgan fingerprint density at radius 2 is 2.23 bits per heavy atom. The van der Waals surface area contributed by atoms with Crippen LogP contribution in [0.4, 0.5) is 0 Å². The van der Waals surface area contributed by atoms with E-state index in [0.717, 1.165) is 25.6 Å². The van der Waals surface area contributed by atoms with Gasteiger partial charge in [0.2, 0.25) is 5.89 Å². The molecule has 0 saturated carbocycles. The van der Waals surface area contributed by atoms with E-state index >= 15 is 0 Å². The van der Waals surface area contributed by atoms with Gasteiger partial charge in [-0.1, -0.05) is 12.1 Å². The van der Waals surface area contributed by atoms with E-state index in [9.17, 15) is 0 Å². The molecule has 0 amide bonds. The van der Waals surface area contributed by atoms with Crippen LogP contribution in [0.3, 0.4) is 0 Å². The molecule has 1 aliphatic heterocycles. The largest absolute Gasteiger partial charge is 0.357 e. The first-order chi connectivity index (χ1) is 10.2. The topological polar surface area (TPSA) is 78.6 Å². The molecule has 22 heavy (non-hydrogen) atoms. The molecule has 1 aromatic rings. The third-order valence-electron chi connectivity index (χ3n) is 3.70. The van der Waals surface area contributed by atoms with E-state index in [-0.39, 0.29) is 24.0 Å². The van der Waals surface area contributed by atoms with Crippen molar-refractivity contribution < 1.29 is 4.52 Å². The molecule has 126 valence electrons. The standard InChI is InChI=1S/C14H26N6O.HI/c1-4-15-14(17-10-13-18-11(3)21-19-13)16-9-12-7-6-8-20(12)5-2;/h12H,4-10H2,1-3H3,(H2,15,16,17);1H. The molecule has 2 heterocycles. The Hall–Kier alpha value is -0.900. The summed E-state index contributed by atoms with van der Waals surface area (Å²) in [5.74, 6) is 1.99. The number of aryl methyl sites for hydroxylation is 1. The van der Waals surface area contributed by atoms with Gasteiger partial charge in [0.15, 0.2) is 11.8 Å². The summed E-state index contributed by atoms with van der Waals surface area (Å²) in [6.07, 6.45) is 2.54. The van der Waals surface area contributed by atoms with Crippen molar-refractivity contribution in [3.8, 4) is 0 Å². The first-order valence-electron chi connectivity index (χ1n) is 7.78. The minimum atomic E-state index is 0. The minimum Gasteiger partial charge on any atom is -0.357 e. The van der Waals surface area contributed by atoms with Crippen LogP contribution in [0.15, 0.2) is 9.52 Å². The highest BCUT2D eigenvalue weighted by atomic mass is 127. The second-order valence-corrected chi connectivity index (χ2v) is 5.23. The number of likely N-dealkylation sites (tertiary alicyclic amines) is 1. The molecule has 1 aliphatic rings. The van der Waals surface area contributed by atoms with Crippen molar-refractivity contribution in [2.75, 3.05) is 26.2 Å². The lowest BCUT2D eigenvalue weighted by Crippen LogP contribution is -2.44. The molecule has 1 fully saturated rings. The van der Waals surface area contributed by atoms with Crippen LogP contribution in [0, 0.1) is 6.92 Å². The van der Waals surface area contributed by atoms with Gasteiger partial charge >= 0.3 is 0 Å². The lowest BCUT2D eigenvalue weighted by molar-refractivity contribution is 0.267. The molecule has 0 bridgehead atoms. The first-order valence-corrected chi connectivity index (χ1v) is 7.78. The zero-order chi connectivity index (χ0) is 15.1. The molecule has 1 unspecified atom stereocenters. The molecule has 2 rings (SSSR count). The normalized spacial score (nSPS) is 19.0. The predicted octanol–water partition coefficient (Wildman–Crippen LogP) is 1.54. The van der Waals surface area contributed by atoms with Crippen molar-refractivity contribution in [2.45, 2.75) is 46.2 Å². The van der Waals surface area contributed by atoms with E-state index in [4.69, 9.17) is 4.52 Å². The Morgan fingerprint density at radius 3 is 2.86 bits per heavy atom. The van der Waals surface area contributed by atoms with Crippen LogP contribution in [-0.4, -0.2) is 53.2 Å². The third-order valence-corrected chi connectivity index (χ3v) is 3.70. The van der Waals surface area contributed by atoms with Gasteiger partial charge in [0.05, 0.1) is 0 Å². The van der Waals surface area contributed by atoms with Crippen LogP contribution < -0.4 is 10.6 Å². The number of hydrogen-bond acceptors (Lipinski definition) is 5. The number of rotatable bonds is 6. The summed E-state index contributed by atoms with van der Waals surface area (Å²) in [6.45, 7) is 10.6. The van der Waals surface area contributed by atoms with Crippen LogP contribution in [0.5, 0.6) is 0 Å². The predicted molar refractivity (Wildman–Crippen MR) is 97.5 cm³/mol. The van der Waals surface area contributed by atoms with Crippen LogP contribution >= 0.6 is 24.0 Å². The number of aromatic nitrogens is 2. The summed E-state index contributed by atoms with van der Waals surface area (Å²) in [6, 6.07) is 0.603. The van der Waals surface area contributed by atoms with Gasteiger partial charge in [-0.15, -0.1) is 24.0 Å². The summed E-state index contributed by atoms with van der Waals surface area (Å²) < 4.78 is 4.95. The summed E-state index contributed by atoms with van der Waals surface area (Å²) in [5.41, 5.74) is 0. The van der Waals surface area contributed by atoms with Gasteiger partial charge in [0, 0.05) is 26.1 Å². The molecule has 0 aliphatic carbocycles. The molecule has 0 aromatic carbocycles.